The normalized spacial score (nSPS) is 12.8. The molecule has 1 aromatic carbocycles. The lowest BCUT2D eigenvalue weighted by atomic mass is 9.89. The van der Waals surface area contributed by atoms with E-state index < -0.39 is 6.10 Å². The van der Waals surface area contributed by atoms with E-state index in [-0.39, 0.29) is 17.9 Å². The van der Waals surface area contributed by atoms with Gasteiger partial charge in [-0.2, -0.15) is 0 Å². The van der Waals surface area contributed by atoms with Crippen molar-refractivity contribution in [3.63, 3.8) is 0 Å². The zero-order valence-electron chi connectivity index (χ0n) is 12.6. The monoisotopic (exact) mass is 279 g/mol. The number of rotatable bonds is 8. The van der Waals surface area contributed by atoms with E-state index in [2.05, 4.69) is 5.32 Å². The number of carbonyl (C=O) groups is 1. The molecule has 1 unspecified atom stereocenters. The van der Waals surface area contributed by atoms with Crippen LogP contribution in [0.5, 0.6) is 5.75 Å². The van der Waals surface area contributed by atoms with Crippen LogP contribution >= 0.6 is 0 Å². The minimum Gasteiger partial charge on any atom is -0.481 e. The molecule has 0 aromatic heterocycles. The third kappa shape index (κ3) is 6.06. The molecule has 0 bridgehead atoms. The Kier molecular flexibility index (Phi) is 6.52. The van der Waals surface area contributed by atoms with Gasteiger partial charge in [0.15, 0.2) is 6.10 Å². The van der Waals surface area contributed by atoms with E-state index in [4.69, 9.17) is 9.84 Å². The maximum absolute atomic E-state index is 11.9. The highest BCUT2D eigenvalue weighted by molar-refractivity contribution is 5.80. The van der Waals surface area contributed by atoms with Gasteiger partial charge in [0.25, 0.3) is 5.91 Å². The molecule has 4 nitrogen and oxygen atoms in total. The quantitative estimate of drug-likeness (QED) is 0.718. The Balaban J connectivity index is 2.25. The van der Waals surface area contributed by atoms with Crippen LogP contribution in [0.15, 0.2) is 30.3 Å². The molecule has 0 spiro atoms. The maximum atomic E-state index is 11.9. The van der Waals surface area contributed by atoms with Crippen LogP contribution in [0.4, 0.5) is 0 Å². The first-order valence-electron chi connectivity index (χ1n) is 7.05. The summed E-state index contributed by atoms with van der Waals surface area (Å²) >= 11 is 0. The molecule has 0 saturated carbocycles. The molecule has 0 fully saturated rings. The summed E-state index contributed by atoms with van der Waals surface area (Å²) < 4.78 is 5.54. The predicted molar refractivity (Wildman–Crippen MR) is 79.6 cm³/mol. The second-order valence-corrected chi connectivity index (χ2v) is 5.79. The van der Waals surface area contributed by atoms with Crippen molar-refractivity contribution in [3.05, 3.63) is 30.3 Å². The van der Waals surface area contributed by atoms with E-state index in [1.165, 1.54) is 0 Å². The third-order valence-electron chi connectivity index (χ3n) is 3.18. The van der Waals surface area contributed by atoms with Gasteiger partial charge in [0.1, 0.15) is 5.75 Å². The van der Waals surface area contributed by atoms with E-state index in [0.29, 0.717) is 12.3 Å². The Bertz CT molecular complexity index is 403. The molecular weight excluding hydrogens is 254 g/mol. The van der Waals surface area contributed by atoms with Crippen molar-refractivity contribution in [3.8, 4) is 5.75 Å². The molecule has 0 aliphatic heterocycles. The summed E-state index contributed by atoms with van der Waals surface area (Å²) in [6, 6.07) is 9.30. The summed E-state index contributed by atoms with van der Waals surface area (Å²) in [6.45, 7) is 6.52. The smallest absolute Gasteiger partial charge is 0.260 e. The van der Waals surface area contributed by atoms with Gasteiger partial charge in [-0.15, -0.1) is 0 Å². The minimum atomic E-state index is -0.511. The molecule has 0 heterocycles. The van der Waals surface area contributed by atoms with Gasteiger partial charge in [-0.05, 0) is 37.3 Å². The Morgan fingerprint density at radius 1 is 1.35 bits per heavy atom. The fraction of sp³-hybridized carbons (Fsp3) is 0.562. The maximum Gasteiger partial charge on any atom is 0.260 e. The Hall–Kier alpha value is -1.55. The summed E-state index contributed by atoms with van der Waals surface area (Å²) in [4.78, 5) is 11.9. The lowest BCUT2D eigenvalue weighted by molar-refractivity contribution is -0.127. The minimum absolute atomic E-state index is 0.0864. The van der Waals surface area contributed by atoms with Crippen molar-refractivity contribution in [1.29, 1.82) is 0 Å². The third-order valence-corrected chi connectivity index (χ3v) is 3.18. The molecular formula is C16H25NO3. The van der Waals surface area contributed by atoms with Crippen molar-refractivity contribution in [2.24, 2.45) is 5.41 Å². The number of benzene rings is 1. The van der Waals surface area contributed by atoms with Crippen molar-refractivity contribution < 1.29 is 14.6 Å². The number of aliphatic hydroxyl groups excluding tert-OH is 1. The van der Waals surface area contributed by atoms with Crippen molar-refractivity contribution in [2.45, 2.75) is 39.7 Å². The lowest BCUT2D eigenvalue weighted by Gasteiger charge is -2.21. The lowest BCUT2D eigenvalue weighted by Crippen LogP contribution is -2.37. The van der Waals surface area contributed by atoms with Crippen LogP contribution in [0.1, 0.15) is 33.6 Å². The largest absolute Gasteiger partial charge is 0.481 e. The fourth-order valence-corrected chi connectivity index (χ4v) is 1.76. The summed E-state index contributed by atoms with van der Waals surface area (Å²) in [6.07, 6.45) is 1.21. The SMILES string of the molecule is CC(Oc1ccccc1)C(=O)NCCCC(C)(C)CO. The van der Waals surface area contributed by atoms with E-state index in [1.54, 1.807) is 6.92 Å². The van der Waals surface area contributed by atoms with Crippen LogP contribution < -0.4 is 10.1 Å². The van der Waals surface area contributed by atoms with Gasteiger partial charge in [0, 0.05) is 13.2 Å². The Morgan fingerprint density at radius 2 is 2.00 bits per heavy atom. The predicted octanol–water partition coefficient (Wildman–Crippen LogP) is 2.37. The van der Waals surface area contributed by atoms with Crippen LogP contribution in [0.25, 0.3) is 0 Å². The zero-order chi connectivity index (χ0) is 15.0. The number of carbonyl (C=O) groups excluding carboxylic acids is 1. The van der Waals surface area contributed by atoms with Crippen LogP contribution in [0.3, 0.4) is 0 Å². The highest BCUT2D eigenvalue weighted by atomic mass is 16.5. The second-order valence-electron chi connectivity index (χ2n) is 5.79. The summed E-state index contributed by atoms with van der Waals surface area (Å²) in [5, 5.41) is 12.0. The first-order valence-corrected chi connectivity index (χ1v) is 7.05. The number of aliphatic hydroxyl groups is 1. The van der Waals surface area contributed by atoms with Gasteiger partial charge in [-0.1, -0.05) is 32.0 Å². The zero-order valence-corrected chi connectivity index (χ0v) is 12.6. The summed E-state index contributed by atoms with van der Waals surface area (Å²) in [7, 11) is 0. The van der Waals surface area contributed by atoms with Crippen molar-refractivity contribution in [1.82, 2.24) is 5.32 Å². The highest BCUT2D eigenvalue weighted by Crippen LogP contribution is 2.20. The molecule has 0 aliphatic rings. The molecule has 0 radical (unpaired) electrons. The standard InChI is InChI=1S/C16H25NO3/c1-13(20-14-8-5-4-6-9-14)15(19)17-11-7-10-16(2,3)12-18/h4-6,8-9,13,18H,7,10-12H2,1-3H3,(H,17,19). The van der Waals surface area contributed by atoms with Crippen molar-refractivity contribution in [2.75, 3.05) is 13.2 Å². The van der Waals surface area contributed by atoms with Gasteiger partial charge < -0.3 is 15.2 Å². The first kappa shape index (κ1) is 16.5. The number of hydrogen-bond acceptors (Lipinski definition) is 3. The fourth-order valence-electron chi connectivity index (χ4n) is 1.76. The molecule has 1 aromatic rings. The van der Waals surface area contributed by atoms with Gasteiger partial charge in [-0.25, -0.2) is 0 Å². The number of para-hydroxylation sites is 1. The van der Waals surface area contributed by atoms with Gasteiger partial charge >= 0.3 is 0 Å². The van der Waals surface area contributed by atoms with Crippen LogP contribution in [0, 0.1) is 5.41 Å². The van der Waals surface area contributed by atoms with E-state index in [9.17, 15) is 4.79 Å². The second kappa shape index (κ2) is 7.90. The number of ether oxygens (including phenoxy) is 1. The van der Waals surface area contributed by atoms with Gasteiger partial charge in [0.05, 0.1) is 0 Å². The number of amides is 1. The molecule has 1 rings (SSSR count). The molecule has 2 N–H and O–H groups in total. The molecule has 4 heteroatoms. The van der Waals surface area contributed by atoms with E-state index in [0.717, 1.165) is 12.8 Å². The van der Waals surface area contributed by atoms with Gasteiger partial charge in [-0.3, -0.25) is 4.79 Å². The van der Waals surface area contributed by atoms with Crippen molar-refractivity contribution >= 4 is 5.91 Å². The van der Waals surface area contributed by atoms with Crippen LogP contribution in [0.2, 0.25) is 0 Å². The van der Waals surface area contributed by atoms with Gasteiger partial charge in [0.2, 0.25) is 0 Å². The molecule has 0 aliphatic carbocycles. The number of nitrogens with one attached hydrogen (secondary N) is 1. The summed E-state index contributed by atoms with van der Waals surface area (Å²) in [5.41, 5.74) is -0.0864. The first-order chi connectivity index (χ1) is 9.44. The number of hydrogen-bond donors (Lipinski definition) is 2. The average molecular weight is 279 g/mol. The van der Waals surface area contributed by atoms with Crippen LogP contribution in [-0.2, 0) is 4.79 Å². The molecule has 0 saturated heterocycles. The Morgan fingerprint density at radius 3 is 2.60 bits per heavy atom. The summed E-state index contributed by atoms with van der Waals surface area (Å²) in [5.74, 6) is 0.576. The Labute approximate surface area is 121 Å². The van der Waals surface area contributed by atoms with E-state index >= 15 is 0 Å². The molecule has 112 valence electrons. The molecule has 1 atom stereocenters. The highest BCUT2D eigenvalue weighted by Gasteiger charge is 2.17. The molecule has 20 heavy (non-hydrogen) atoms. The topological polar surface area (TPSA) is 58.6 Å². The van der Waals surface area contributed by atoms with Crippen LogP contribution in [-0.4, -0.2) is 30.3 Å². The molecule has 1 amide bonds. The van der Waals surface area contributed by atoms with E-state index in [1.807, 2.05) is 44.2 Å². The average Bonchev–Trinajstić information content (AvgIpc) is 2.44.